The average Bonchev–Trinajstić information content (AvgIpc) is 2.26. The second kappa shape index (κ2) is 4.66. The zero-order valence-electron chi connectivity index (χ0n) is 11.2. The fraction of sp³-hybridized carbons (Fsp3) is 0.875. The van der Waals surface area contributed by atoms with Gasteiger partial charge in [0.1, 0.15) is 5.60 Å². The van der Waals surface area contributed by atoms with Gasteiger partial charge < -0.3 is 4.74 Å². The number of hydrogen-bond acceptors (Lipinski definition) is 1. The van der Waals surface area contributed by atoms with Gasteiger partial charge in [-0.15, -0.1) is 0 Å². The van der Waals surface area contributed by atoms with Crippen LogP contribution in [0.4, 0.5) is 0 Å². The predicted octanol–water partition coefficient (Wildman–Crippen LogP) is 4.68. The molecule has 4 rings (SSSR count). The highest BCUT2D eigenvalue weighted by Crippen LogP contribution is 2.57. The molecular formula is C16H26O. The summed E-state index contributed by atoms with van der Waals surface area (Å²) in [5, 5.41) is 0. The minimum absolute atomic E-state index is 0.261. The Bertz CT molecular complexity index is 257. The van der Waals surface area contributed by atoms with Crippen molar-refractivity contribution in [3.05, 3.63) is 12.3 Å². The van der Waals surface area contributed by atoms with Gasteiger partial charge in [-0.05, 0) is 75.2 Å². The quantitative estimate of drug-likeness (QED) is 0.496. The number of rotatable bonds is 5. The number of unbranched alkanes of at least 4 members (excludes halogenated alkanes) is 2. The molecule has 0 radical (unpaired) electrons. The van der Waals surface area contributed by atoms with E-state index in [2.05, 4.69) is 13.0 Å². The molecule has 0 aromatic heterocycles. The van der Waals surface area contributed by atoms with E-state index in [1.165, 1.54) is 57.8 Å². The lowest BCUT2D eigenvalue weighted by Gasteiger charge is -2.55. The summed E-state index contributed by atoms with van der Waals surface area (Å²) in [5.74, 6) is 2.97. The van der Waals surface area contributed by atoms with Crippen molar-refractivity contribution in [3.63, 3.8) is 0 Å². The summed E-state index contributed by atoms with van der Waals surface area (Å²) < 4.78 is 6.21. The normalized spacial score (nSPS) is 43.5. The summed E-state index contributed by atoms with van der Waals surface area (Å²) in [5.41, 5.74) is 0.261. The molecule has 0 N–H and O–H groups in total. The molecule has 0 unspecified atom stereocenters. The maximum atomic E-state index is 6.21. The molecule has 0 heterocycles. The number of allylic oxidation sites excluding steroid dienone is 1. The molecule has 4 fully saturated rings. The molecule has 0 aromatic rings. The molecule has 4 bridgehead atoms. The van der Waals surface area contributed by atoms with Crippen LogP contribution in [0, 0.1) is 17.8 Å². The molecule has 4 aliphatic carbocycles. The van der Waals surface area contributed by atoms with Crippen molar-refractivity contribution in [2.45, 2.75) is 70.3 Å². The Morgan fingerprint density at radius 2 is 1.65 bits per heavy atom. The van der Waals surface area contributed by atoms with Crippen LogP contribution in [0.2, 0.25) is 0 Å². The molecule has 0 spiro atoms. The van der Waals surface area contributed by atoms with Crippen LogP contribution >= 0.6 is 0 Å². The van der Waals surface area contributed by atoms with Crippen LogP contribution < -0.4 is 0 Å². The van der Waals surface area contributed by atoms with E-state index >= 15 is 0 Å². The minimum Gasteiger partial charge on any atom is -0.495 e. The Balaban J connectivity index is 1.57. The van der Waals surface area contributed by atoms with E-state index in [1.807, 2.05) is 6.26 Å². The Labute approximate surface area is 106 Å². The van der Waals surface area contributed by atoms with Gasteiger partial charge in [-0.2, -0.15) is 0 Å². The summed E-state index contributed by atoms with van der Waals surface area (Å²) in [6, 6.07) is 0. The lowest BCUT2D eigenvalue weighted by atomic mass is 9.54. The maximum absolute atomic E-state index is 6.21. The zero-order chi connectivity index (χ0) is 11.7. The minimum atomic E-state index is 0.261. The summed E-state index contributed by atoms with van der Waals surface area (Å²) in [4.78, 5) is 0. The SMILES string of the molecule is CCCC/C=C\OC12CC3CC(CC(C3)C1)C2. The van der Waals surface area contributed by atoms with Crippen molar-refractivity contribution < 1.29 is 4.74 Å². The topological polar surface area (TPSA) is 9.23 Å². The number of ether oxygens (including phenoxy) is 1. The highest BCUT2D eigenvalue weighted by atomic mass is 16.5. The van der Waals surface area contributed by atoms with Gasteiger partial charge in [0.2, 0.25) is 0 Å². The smallest absolute Gasteiger partial charge is 0.109 e. The van der Waals surface area contributed by atoms with E-state index in [9.17, 15) is 0 Å². The standard InChI is InChI=1S/C16H26O/c1-2-3-4-5-6-17-16-10-13-7-14(11-16)9-15(8-13)12-16/h5-6,13-15H,2-4,7-12H2,1H3/b6-5-. The van der Waals surface area contributed by atoms with Crippen molar-refractivity contribution in [1.29, 1.82) is 0 Å². The maximum Gasteiger partial charge on any atom is 0.109 e. The van der Waals surface area contributed by atoms with Crippen LogP contribution in [0.25, 0.3) is 0 Å². The largest absolute Gasteiger partial charge is 0.495 e. The fourth-order valence-corrected chi connectivity index (χ4v) is 4.76. The first kappa shape index (κ1) is 11.6. The molecule has 4 aliphatic rings. The van der Waals surface area contributed by atoms with Gasteiger partial charge in [0.15, 0.2) is 0 Å². The Kier molecular flexibility index (Phi) is 3.19. The lowest BCUT2D eigenvalue weighted by molar-refractivity contribution is -0.130. The third-order valence-corrected chi connectivity index (χ3v) is 5.12. The highest BCUT2D eigenvalue weighted by Gasteiger charge is 2.52. The molecule has 96 valence electrons. The van der Waals surface area contributed by atoms with Crippen molar-refractivity contribution in [3.8, 4) is 0 Å². The van der Waals surface area contributed by atoms with E-state index in [0.29, 0.717) is 0 Å². The summed E-state index contributed by atoms with van der Waals surface area (Å²) >= 11 is 0. The fourth-order valence-electron chi connectivity index (χ4n) is 4.76. The van der Waals surface area contributed by atoms with Gasteiger partial charge in [-0.1, -0.05) is 13.3 Å². The summed E-state index contributed by atoms with van der Waals surface area (Å²) in [6.07, 6.45) is 16.6. The van der Waals surface area contributed by atoms with Crippen molar-refractivity contribution in [2.24, 2.45) is 17.8 Å². The van der Waals surface area contributed by atoms with E-state index < -0.39 is 0 Å². The molecule has 1 heteroatoms. The molecule has 0 atom stereocenters. The van der Waals surface area contributed by atoms with Crippen LogP contribution in [0.15, 0.2) is 12.3 Å². The van der Waals surface area contributed by atoms with Gasteiger partial charge in [-0.25, -0.2) is 0 Å². The average molecular weight is 234 g/mol. The van der Waals surface area contributed by atoms with E-state index in [0.717, 1.165) is 17.8 Å². The second-order valence-electron chi connectivity index (χ2n) is 6.73. The van der Waals surface area contributed by atoms with Crippen LogP contribution in [-0.2, 0) is 4.74 Å². The van der Waals surface area contributed by atoms with Gasteiger partial charge >= 0.3 is 0 Å². The van der Waals surface area contributed by atoms with Crippen LogP contribution in [0.1, 0.15) is 64.7 Å². The van der Waals surface area contributed by atoms with E-state index in [1.54, 1.807) is 0 Å². The molecule has 4 saturated carbocycles. The van der Waals surface area contributed by atoms with Crippen LogP contribution in [-0.4, -0.2) is 5.60 Å². The highest BCUT2D eigenvalue weighted by molar-refractivity contribution is 5.04. The van der Waals surface area contributed by atoms with Gasteiger partial charge in [0.25, 0.3) is 0 Å². The second-order valence-corrected chi connectivity index (χ2v) is 6.73. The van der Waals surface area contributed by atoms with E-state index in [-0.39, 0.29) is 5.60 Å². The molecule has 0 amide bonds. The molecule has 17 heavy (non-hydrogen) atoms. The molecule has 0 aliphatic heterocycles. The van der Waals surface area contributed by atoms with Gasteiger partial charge in [-0.3, -0.25) is 0 Å². The van der Waals surface area contributed by atoms with Crippen molar-refractivity contribution in [2.75, 3.05) is 0 Å². The summed E-state index contributed by atoms with van der Waals surface area (Å²) in [7, 11) is 0. The first-order valence-electron chi connectivity index (χ1n) is 7.62. The first-order valence-corrected chi connectivity index (χ1v) is 7.62. The van der Waals surface area contributed by atoms with Crippen LogP contribution in [0.5, 0.6) is 0 Å². The Morgan fingerprint density at radius 3 is 2.18 bits per heavy atom. The third kappa shape index (κ3) is 2.39. The van der Waals surface area contributed by atoms with E-state index in [4.69, 9.17) is 4.74 Å². The van der Waals surface area contributed by atoms with Crippen molar-refractivity contribution in [1.82, 2.24) is 0 Å². The van der Waals surface area contributed by atoms with Gasteiger partial charge in [0, 0.05) is 0 Å². The zero-order valence-corrected chi connectivity index (χ0v) is 11.2. The van der Waals surface area contributed by atoms with Crippen molar-refractivity contribution >= 4 is 0 Å². The predicted molar refractivity (Wildman–Crippen MR) is 70.7 cm³/mol. The third-order valence-electron chi connectivity index (χ3n) is 5.12. The molecule has 0 saturated heterocycles. The van der Waals surface area contributed by atoms with Gasteiger partial charge in [0.05, 0.1) is 6.26 Å². The van der Waals surface area contributed by atoms with Crippen LogP contribution in [0.3, 0.4) is 0 Å². The molecule has 1 nitrogen and oxygen atoms in total. The monoisotopic (exact) mass is 234 g/mol. The molecular weight excluding hydrogens is 208 g/mol. The number of hydrogen-bond donors (Lipinski definition) is 0. The lowest BCUT2D eigenvalue weighted by Crippen LogP contribution is -2.51. The summed E-state index contributed by atoms with van der Waals surface area (Å²) in [6.45, 7) is 2.24. The Morgan fingerprint density at radius 1 is 1.06 bits per heavy atom. The first-order chi connectivity index (χ1) is 8.30. The molecule has 0 aromatic carbocycles. The Hall–Kier alpha value is -0.460.